The van der Waals surface area contributed by atoms with Gasteiger partial charge in [0.2, 0.25) is 0 Å². The SMILES string of the molecule is CC1CC[C@H](O)c2ncccc21. The van der Waals surface area contributed by atoms with Gasteiger partial charge in [0.05, 0.1) is 11.8 Å². The smallest absolute Gasteiger partial charge is 0.0962 e. The van der Waals surface area contributed by atoms with Gasteiger partial charge in [-0.3, -0.25) is 4.98 Å². The molecule has 2 rings (SSSR count). The molecule has 12 heavy (non-hydrogen) atoms. The number of aliphatic hydroxyl groups excluding tert-OH is 1. The number of aromatic nitrogens is 1. The molecule has 2 heteroatoms. The summed E-state index contributed by atoms with van der Waals surface area (Å²) in [6, 6.07) is 4.00. The van der Waals surface area contributed by atoms with Crippen LogP contribution in [0, 0.1) is 0 Å². The first-order chi connectivity index (χ1) is 5.79. The summed E-state index contributed by atoms with van der Waals surface area (Å²) in [4.78, 5) is 4.20. The maximum atomic E-state index is 9.62. The molecule has 0 saturated heterocycles. The largest absolute Gasteiger partial charge is 0.387 e. The molecule has 1 aromatic rings. The quantitative estimate of drug-likeness (QED) is 0.634. The fourth-order valence-corrected chi connectivity index (χ4v) is 1.83. The Morgan fingerprint density at radius 3 is 3.08 bits per heavy atom. The highest BCUT2D eigenvalue weighted by molar-refractivity contribution is 5.27. The Balaban J connectivity index is 2.47. The van der Waals surface area contributed by atoms with E-state index in [4.69, 9.17) is 0 Å². The van der Waals surface area contributed by atoms with E-state index in [2.05, 4.69) is 18.0 Å². The molecule has 0 aliphatic heterocycles. The number of hydrogen-bond acceptors (Lipinski definition) is 2. The van der Waals surface area contributed by atoms with Gasteiger partial charge in [-0.1, -0.05) is 13.0 Å². The van der Waals surface area contributed by atoms with Crippen molar-refractivity contribution in [1.82, 2.24) is 4.98 Å². The number of aliphatic hydroxyl groups is 1. The van der Waals surface area contributed by atoms with Crippen molar-refractivity contribution in [1.29, 1.82) is 0 Å². The minimum absolute atomic E-state index is 0.336. The summed E-state index contributed by atoms with van der Waals surface area (Å²) >= 11 is 0. The van der Waals surface area contributed by atoms with E-state index in [1.165, 1.54) is 5.56 Å². The lowest BCUT2D eigenvalue weighted by Gasteiger charge is -2.24. The van der Waals surface area contributed by atoms with Crippen LogP contribution in [0.25, 0.3) is 0 Å². The topological polar surface area (TPSA) is 33.1 Å². The third-order valence-electron chi connectivity index (χ3n) is 2.59. The van der Waals surface area contributed by atoms with E-state index in [0.717, 1.165) is 18.5 Å². The standard InChI is InChI=1S/C10H13NO/c1-7-4-5-9(12)10-8(7)3-2-6-11-10/h2-3,6-7,9,12H,4-5H2,1H3/t7?,9-/m0/s1. The molecule has 0 fully saturated rings. The van der Waals surface area contributed by atoms with Crippen LogP contribution in [0.5, 0.6) is 0 Å². The van der Waals surface area contributed by atoms with Crippen LogP contribution in [0.15, 0.2) is 18.3 Å². The highest BCUT2D eigenvalue weighted by Gasteiger charge is 2.23. The van der Waals surface area contributed by atoms with Crippen LogP contribution in [-0.2, 0) is 0 Å². The molecule has 64 valence electrons. The summed E-state index contributed by atoms with van der Waals surface area (Å²) in [6.07, 6.45) is 3.34. The van der Waals surface area contributed by atoms with Crippen molar-refractivity contribution in [3.63, 3.8) is 0 Å². The Morgan fingerprint density at radius 1 is 1.50 bits per heavy atom. The van der Waals surface area contributed by atoms with E-state index < -0.39 is 0 Å². The average Bonchev–Trinajstić information content (AvgIpc) is 2.12. The number of fused-ring (bicyclic) bond motifs is 1. The van der Waals surface area contributed by atoms with Gasteiger partial charge in [0.1, 0.15) is 0 Å². The monoisotopic (exact) mass is 163 g/mol. The molecular weight excluding hydrogens is 150 g/mol. The van der Waals surface area contributed by atoms with E-state index in [1.807, 2.05) is 6.07 Å². The summed E-state index contributed by atoms with van der Waals surface area (Å²) in [6.45, 7) is 2.19. The lowest BCUT2D eigenvalue weighted by Crippen LogP contribution is -2.13. The average molecular weight is 163 g/mol. The molecule has 1 N–H and O–H groups in total. The Hall–Kier alpha value is -0.890. The van der Waals surface area contributed by atoms with Crippen LogP contribution in [0.2, 0.25) is 0 Å². The second kappa shape index (κ2) is 2.87. The second-order valence-electron chi connectivity index (χ2n) is 3.47. The zero-order chi connectivity index (χ0) is 8.55. The molecule has 0 aromatic carbocycles. The first kappa shape index (κ1) is 7.74. The number of hydrogen-bond donors (Lipinski definition) is 1. The van der Waals surface area contributed by atoms with Crippen molar-refractivity contribution in [2.45, 2.75) is 31.8 Å². The minimum Gasteiger partial charge on any atom is -0.387 e. The molecule has 1 heterocycles. The second-order valence-corrected chi connectivity index (χ2v) is 3.47. The minimum atomic E-state index is -0.336. The first-order valence-electron chi connectivity index (χ1n) is 4.42. The molecule has 2 nitrogen and oxygen atoms in total. The van der Waals surface area contributed by atoms with E-state index in [-0.39, 0.29) is 6.10 Å². The molecule has 1 aromatic heterocycles. The third-order valence-corrected chi connectivity index (χ3v) is 2.59. The molecule has 0 saturated carbocycles. The van der Waals surface area contributed by atoms with Gasteiger partial charge in [0.15, 0.2) is 0 Å². The van der Waals surface area contributed by atoms with Crippen molar-refractivity contribution >= 4 is 0 Å². The molecule has 1 unspecified atom stereocenters. The summed E-state index contributed by atoms with van der Waals surface area (Å²) in [5.41, 5.74) is 2.10. The summed E-state index contributed by atoms with van der Waals surface area (Å²) in [5, 5.41) is 9.62. The van der Waals surface area contributed by atoms with Gasteiger partial charge in [-0.2, -0.15) is 0 Å². The normalized spacial score (nSPS) is 28.2. The van der Waals surface area contributed by atoms with Gasteiger partial charge in [-0.05, 0) is 30.4 Å². The van der Waals surface area contributed by atoms with E-state index >= 15 is 0 Å². The van der Waals surface area contributed by atoms with Crippen LogP contribution in [0.4, 0.5) is 0 Å². The van der Waals surface area contributed by atoms with Crippen LogP contribution in [0.3, 0.4) is 0 Å². The van der Waals surface area contributed by atoms with Crippen LogP contribution < -0.4 is 0 Å². The van der Waals surface area contributed by atoms with Crippen LogP contribution >= 0.6 is 0 Å². The fraction of sp³-hybridized carbons (Fsp3) is 0.500. The number of pyridine rings is 1. The molecule has 0 amide bonds. The first-order valence-corrected chi connectivity index (χ1v) is 4.42. The molecule has 0 radical (unpaired) electrons. The predicted octanol–water partition coefficient (Wildman–Crippen LogP) is 2.01. The van der Waals surface area contributed by atoms with Crippen molar-refractivity contribution in [2.75, 3.05) is 0 Å². The highest BCUT2D eigenvalue weighted by Crippen LogP contribution is 2.35. The van der Waals surface area contributed by atoms with Crippen LogP contribution in [0.1, 0.15) is 43.0 Å². The maximum Gasteiger partial charge on any atom is 0.0962 e. The zero-order valence-corrected chi connectivity index (χ0v) is 7.20. The van der Waals surface area contributed by atoms with Crippen molar-refractivity contribution in [3.8, 4) is 0 Å². The predicted molar refractivity (Wildman–Crippen MR) is 46.8 cm³/mol. The van der Waals surface area contributed by atoms with Gasteiger partial charge in [-0.15, -0.1) is 0 Å². The molecule has 0 spiro atoms. The van der Waals surface area contributed by atoms with Crippen molar-refractivity contribution in [2.24, 2.45) is 0 Å². The van der Waals surface area contributed by atoms with Gasteiger partial charge in [0.25, 0.3) is 0 Å². The fourth-order valence-electron chi connectivity index (χ4n) is 1.83. The summed E-state index contributed by atoms with van der Waals surface area (Å²) < 4.78 is 0. The van der Waals surface area contributed by atoms with E-state index in [0.29, 0.717) is 5.92 Å². The molecule has 0 bridgehead atoms. The molecule has 1 aliphatic rings. The van der Waals surface area contributed by atoms with Gasteiger partial charge in [0, 0.05) is 6.20 Å². The lowest BCUT2D eigenvalue weighted by molar-refractivity contribution is 0.146. The Morgan fingerprint density at radius 2 is 2.33 bits per heavy atom. The van der Waals surface area contributed by atoms with Crippen molar-refractivity contribution in [3.05, 3.63) is 29.6 Å². The highest BCUT2D eigenvalue weighted by atomic mass is 16.3. The van der Waals surface area contributed by atoms with Gasteiger partial charge in [-0.25, -0.2) is 0 Å². The van der Waals surface area contributed by atoms with E-state index in [9.17, 15) is 5.11 Å². The third kappa shape index (κ3) is 1.12. The Kier molecular flexibility index (Phi) is 1.85. The molecule has 2 atom stereocenters. The molecular formula is C10H13NO. The van der Waals surface area contributed by atoms with Gasteiger partial charge < -0.3 is 5.11 Å². The van der Waals surface area contributed by atoms with Gasteiger partial charge >= 0.3 is 0 Å². The van der Waals surface area contributed by atoms with E-state index in [1.54, 1.807) is 6.20 Å². The summed E-state index contributed by atoms with van der Waals surface area (Å²) in [7, 11) is 0. The zero-order valence-electron chi connectivity index (χ0n) is 7.20. The molecule has 1 aliphatic carbocycles. The Labute approximate surface area is 72.3 Å². The number of nitrogens with zero attached hydrogens (tertiary/aromatic N) is 1. The van der Waals surface area contributed by atoms with Crippen molar-refractivity contribution < 1.29 is 5.11 Å². The van der Waals surface area contributed by atoms with Crippen LogP contribution in [-0.4, -0.2) is 10.1 Å². The Bertz CT molecular complexity index is 256. The number of rotatable bonds is 0. The lowest BCUT2D eigenvalue weighted by atomic mass is 9.85. The maximum absolute atomic E-state index is 9.62. The summed E-state index contributed by atoms with van der Waals surface area (Å²) in [5.74, 6) is 0.553.